The van der Waals surface area contributed by atoms with Crippen molar-refractivity contribution < 1.29 is 23.9 Å². The predicted octanol–water partition coefficient (Wildman–Crippen LogP) is 3.33. The van der Waals surface area contributed by atoms with Gasteiger partial charge in [-0.25, -0.2) is 4.79 Å². The maximum Gasteiger partial charge on any atom is 0.412 e. The first kappa shape index (κ1) is 18.7. The Morgan fingerprint density at radius 3 is 1.87 bits per heavy atom. The van der Waals surface area contributed by atoms with E-state index in [1.165, 1.54) is 0 Å². The van der Waals surface area contributed by atoms with Crippen molar-refractivity contribution >= 4 is 18.0 Å². The molecule has 6 nitrogen and oxygen atoms in total. The maximum absolute atomic E-state index is 11.6. The molecule has 1 aromatic rings. The number of unbranched alkanes of at least 4 members (excludes halogenated alkanes) is 5. The number of primary amides is 1. The zero-order valence-electron chi connectivity index (χ0n) is 13.2. The van der Waals surface area contributed by atoms with Crippen LogP contribution in [0.25, 0.3) is 0 Å². The number of rotatable bonds is 10. The van der Waals surface area contributed by atoms with Crippen LogP contribution >= 0.6 is 0 Å². The van der Waals surface area contributed by atoms with Crippen LogP contribution in [0, 0.1) is 0 Å². The highest BCUT2D eigenvalue weighted by Gasteiger charge is 2.06. The van der Waals surface area contributed by atoms with Gasteiger partial charge in [-0.3, -0.25) is 9.59 Å². The molecule has 23 heavy (non-hydrogen) atoms. The highest BCUT2D eigenvalue weighted by atomic mass is 16.6. The van der Waals surface area contributed by atoms with E-state index in [4.69, 9.17) is 10.5 Å². The molecule has 0 aromatic heterocycles. The quantitative estimate of drug-likeness (QED) is 0.308. The molecule has 1 aromatic carbocycles. The molecule has 0 unspecified atom stereocenters. The van der Waals surface area contributed by atoms with Gasteiger partial charge in [0, 0.05) is 12.8 Å². The summed E-state index contributed by atoms with van der Waals surface area (Å²) < 4.78 is 9.41. The number of hydrogen-bond donors (Lipinski definition) is 1. The number of hydrogen-bond acceptors (Lipinski definition) is 5. The van der Waals surface area contributed by atoms with Crippen molar-refractivity contribution in [3.8, 4) is 5.75 Å². The summed E-state index contributed by atoms with van der Waals surface area (Å²) in [5.41, 5.74) is 4.73. The maximum atomic E-state index is 11.6. The lowest BCUT2D eigenvalue weighted by Gasteiger charge is -2.04. The Bertz CT molecular complexity index is 501. The third kappa shape index (κ3) is 10.1. The standard InChI is InChI=1S/C17H23NO5/c18-17(21)23-16(20)13-9-4-2-1-3-8-12-15(19)22-14-10-6-5-7-11-14/h5-7,10-11H,1-4,8-9,12-13H2,(H2,18,21). The minimum absolute atomic E-state index is 0.201. The Morgan fingerprint density at radius 2 is 1.30 bits per heavy atom. The Kier molecular flexibility index (Phi) is 9.12. The van der Waals surface area contributed by atoms with Gasteiger partial charge in [0.2, 0.25) is 0 Å². The summed E-state index contributed by atoms with van der Waals surface area (Å²) in [5, 5.41) is 0. The molecule has 0 saturated heterocycles. The van der Waals surface area contributed by atoms with Gasteiger partial charge in [-0.2, -0.15) is 0 Å². The van der Waals surface area contributed by atoms with Gasteiger partial charge in [-0.15, -0.1) is 0 Å². The summed E-state index contributed by atoms with van der Waals surface area (Å²) in [7, 11) is 0. The van der Waals surface area contributed by atoms with Crippen LogP contribution in [0.1, 0.15) is 51.4 Å². The van der Waals surface area contributed by atoms with E-state index in [0.29, 0.717) is 18.6 Å². The lowest BCUT2D eigenvalue weighted by molar-refractivity contribution is -0.137. The Labute approximate surface area is 135 Å². The molecule has 0 radical (unpaired) electrons. The van der Waals surface area contributed by atoms with E-state index < -0.39 is 12.1 Å². The Hall–Kier alpha value is -2.37. The Morgan fingerprint density at radius 1 is 0.783 bits per heavy atom. The second kappa shape index (κ2) is 11.2. The second-order valence-corrected chi connectivity index (χ2v) is 5.20. The lowest BCUT2D eigenvalue weighted by atomic mass is 10.1. The van der Waals surface area contributed by atoms with E-state index in [-0.39, 0.29) is 12.4 Å². The van der Waals surface area contributed by atoms with Gasteiger partial charge in [-0.1, -0.05) is 43.9 Å². The van der Waals surface area contributed by atoms with Crippen molar-refractivity contribution in [2.45, 2.75) is 51.4 Å². The summed E-state index contributed by atoms with van der Waals surface area (Å²) in [4.78, 5) is 33.0. The molecule has 126 valence electrons. The van der Waals surface area contributed by atoms with Crippen molar-refractivity contribution in [3.63, 3.8) is 0 Å². The average Bonchev–Trinajstić information content (AvgIpc) is 2.50. The number of amides is 1. The Balaban J connectivity index is 1.94. The van der Waals surface area contributed by atoms with Gasteiger partial charge >= 0.3 is 18.0 Å². The molecule has 1 rings (SSSR count). The van der Waals surface area contributed by atoms with Crippen LogP contribution in [0.5, 0.6) is 5.75 Å². The van der Waals surface area contributed by atoms with E-state index in [1.807, 2.05) is 18.2 Å². The van der Waals surface area contributed by atoms with Crippen LogP contribution in [0.15, 0.2) is 30.3 Å². The summed E-state index contributed by atoms with van der Waals surface area (Å²) in [6.07, 6.45) is 4.78. The van der Waals surface area contributed by atoms with Crippen molar-refractivity contribution in [2.75, 3.05) is 0 Å². The van der Waals surface area contributed by atoms with Crippen molar-refractivity contribution in [2.24, 2.45) is 5.73 Å². The largest absolute Gasteiger partial charge is 0.427 e. The fraction of sp³-hybridized carbons (Fsp3) is 0.471. The highest BCUT2D eigenvalue weighted by molar-refractivity contribution is 5.83. The van der Waals surface area contributed by atoms with Gasteiger partial charge in [0.1, 0.15) is 5.75 Å². The number of benzene rings is 1. The molecule has 2 N–H and O–H groups in total. The molecule has 0 aliphatic rings. The lowest BCUT2D eigenvalue weighted by Crippen LogP contribution is -2.18. The molecule has 0 aliphatic heterocycles. The van der Waals surface area contributed by atoms with Crippen LogP contribution in [0.3, 0.4) is 0 Å². The molecule has 6 heteroatoms. The molecule has 0 atom stereocenters. The van der Waals surface area contributed by atoms with E-state index in [9.17, 15) is 14.4 Å². The number of carbonyl (C=O) groups excluding carboxylic acids is 3. The fourth-order valence-corrected chi connectivity index (χ4v) is 2.08. The normalized spacial score (nSPS) is 10.1. The first-order chi connectivity index (χ1) is 11.1. The first-order valence-corrected chi connectivity index (χ1v) is 7.84. The SMILES string of the molecule is NC(=O)OC(=O)CCCCCCCCC(=O)Oc1ccccc1. The highest BCUT2D eigenvalue weighted by Crippen LogP contribution is 2.12. The van der Waals surface area contributed by atoms with E-state index in [0.717, 1.165) is 32.1 Å². The first-order valence-electron chi connectivity index (χ1n) is 7.84. The van der Waals surface area contributed by atoms with Crippen molar-refractivity contribution in [1.82, 2.24) is 0 Å². The predicted molar refractivity (Wildman–Crippen MR) is 84.7 cm³/mol. The zero-order chi connectivity index (χ0) is 16.9. The van der Waals surface area contributed by atoms with Crippen LogP contribution in [0.4, 0.5) is 4.79 Å². The van der Waals surface area contributed by atoms with Crippen LogP contribution < -0.4 is 10.5 Å². The molecular formula is C17H23NO5. The third-order valence-electron chi connectivity index (χ3n) is 3.20. The number of carbonyl (C=O) groups is 3. The average molecular weight is 321 g/mol. The summed E-state index contributed by atoms with van der Waals surface area (Å²) in [5.74, 6) is -0.230. The number of esters is 2. The van der Waals surface area contributed by atoms with Crippen molar-refractivity contribution in [1.29, 1.82) is 0 Å². The number of para-hydroxylation sites is 1. The molecule has 1 amide bonds. The van der Waals surface area contributed by atoms with Gasteiger partial charge < -0.3 is 15.2 Å². The fourth-order valence-electron chi connectivity index (χ4n) is 2.08. The molecule has 0 spiro atoms. The van der Waals surface area contributed by atoms with Crippen LogP contribution in [-0.2, 0) is 14.3 Å². The minimum Gasteiger partial charge on any atom is -0.427 e. The van der Waals surface area contributed by atoms with E-state index in [2.05, 4.69) is 4.74 Å². The summed E-state index contributed by atoms with van der Waals surface area (Å²) in [6, 6.07) is 9.01. The van der Waals surface area contributed by atoms with Crippen LogP contribution in [0.2, 0.25) is 0 Å². The van der Waals surface area contributed by atoms with Crippen molar-refractivity contribution in [3.05, 3.63) is 30.3 Å². The monoisotopic (exact) mass is 321 g/mol. The third-order valence-corrected chi connectivity index (χ3v) is 3.20. The minimum atomic E-state index is -1.06. The molecule has 0 aliphatic carbocycles. The smallest absolute Gasteiger partial charge is 0.412 e. The van der Waals surface area contributed by atoms with E-state index in [1.54, 1.807) is 12.1 Å². The molecule has 0 fully saturated rings. The summed E-state index contributed by atoms with van der Waals surface area (Å²) in [6.45, 7) is 0. The van der Waals surface area contributed by atoms with E-state index >= 15 is 0 Å². The van der Waals surface area contributed by atoms with Gasteiger partial charge in [0.25, 0.3) is 0 Å². The molecule has 0 heterocycles. The molecule has 0 saturated carbocycles. The summed E-state index contributed by atoms with van der Waals surface area (Å²) >= 11 is 0. The van der Waals surface area contributed by atoms with Gasteiger partial charge in [0.05, 0.1) is 0 Å². The zero-order valence-corrected chi connectivity index (χ0v) is 13.2. The second-order valence-electron chi connectivity index (χ2n) is 5.20. The van der Waals surface area contributed by atoms with Crippen LogP contribution in [-0.4, -0.2) is 18.0 Å². The molecule has 0 bridgehead atoms. The number of nitrogens with two attached hydrogens (primary N) is 1. The van der Waals surface area contributed by atoms with Gasteiger partial charge in [0.15, 0.2) is 0 Å². The number of ether oxygens (including phenoxy) is 2. The van der Waals surface area contributed by atoms with Gasteiger partial charge in [-0.05, 0) is 25.0 Å². The topological polar surface area (TPSA) is 95.7 Å². The molecular weight excluding hydrogens is 298 g/mol.